The highest BCUT2D eigenvalue weighted by molar-refractivity contribution is 6.31. The summed E-state index contributed by atoms with van der Waals surface area (Å²) >= 11 is 5.93. The maximum atomic E-state index is 12.7. The number of amides is 3. The van der Waals surface area contributed by atoms with Crippen LogP contribution < -0.4 is 10.1 Å². The van der Waals surface area contributed by atoms with E-state index in [1.54, 1.807) is 30.3 Å². The summed E-state index contributed by atoms with van der Waals surface area (Å²) in [6.45, 7) is 0.897. The molecule has 2 aromatic carbocycles. The number of nitrogens with one attached hydrogen (secondary N) is 1. The molecule has 2 aliphatic heterocycles. The van der Waals surface area contributed by atoms with Crippen LogP contribution in [0.3, 0.4) is 0 Å². The topological polar surface area (TPSA) is 84.9 Å². The normalized spacial score (nSPS) is 18.1. The summed E-state index contributed by atoms with van der Waals surface area (Å²) in [5.41, 5.74) is 1.31. The van der Waals surface area contributed by atoms with Crippen molar-refractivity contribution < 1.29 is 23.9 Å². The highest BCUT2D eigenvalue weighted by Crippen LogP contribution is 2.29. The van der Waals surface area contributed by atoms with Gasteiger partial charge >= 0.3 is 0 Å². The predicted octanol–water partition coefficient (Wildman–Crippen LogP) is 3.38. The van der Waals surface area contributed by atoms with Gasteiger partial charge in [0.05, 0.1) is 36.4 Å². The summed E-state index contributed by atoms with van der Waals surface area (Å²) < 4.78 is 10.7. The van der Waals surface area contributed by atoms with Crippen molar-refractivity contribution in [1.82, 2.24) is 4.90 Å². The van der Waals surface area contributed by atoms with Crippen molar-refractivity contribution in [3.05, 3.63) is 58.1 Å². The van der Waals surface area contributed by atoms with E-state index >= 15 is 0 Å². The Balaban J connectivity index is 1.54. The van der Waals surface area contributed by atoms with Gasteiger partial charge < -0.3 is 14.8 Å². The van der Waals surface area contributed by atoms with Crippen molar-refractivity contribution in [3.63, 3.8) is 0 Å². The molecular formula is C21H19ClN2O5. The van der Waals surface area contributed by atoms with Crippen molar-refractivity contribution >= 4 is 35.0 Å². The van der Waals surface area contributed by atoms with E-state index in [2.05, 4.69) is 5.32 Å². The number of fused-ring (bicyclic) bond motifs is 1. The Labute approximate surface area is 172 Å². The lowest BCUT2D eigenvalue weighted by atomic mass is 10.1. The number of rotatable bonds is 5. The van der Waals surface area contributed by atoms with Gasteiger partial charge in [-0.25, -0.2) is 0 Å². The van der Waals surface area contributed by atoms with Crippen molar-refractivity contribution in [2.45, 2.75) is 18.9 Å². The molecule has 4 rings (SSSR count). The molecule has 29 heavy (non-hydrogen) atoms. The number of anilines is 1. The van der Waals surface area contributed by atoms with Crippen molar-refractivity contribution in [2.24, 2.45) is 0 Å². The van der Waals surface area contributed by atoms with Crippen LogP contribution in [0.15, 0.2) is 36.4 Å². The van der Waals surface area contributed by atoms with Crippen molar-refractivity contribution in [1.29, 1.82) is 0 Å². The lowest BCUT2D eigenvalue weighted by Crippen LogP contribution is -2.36. The summed E-state index contributed by atoms with van der Waals surface area (Å²) in [5, 5.41) is 3.19. The van der Waals surface area contributed by atoms with Crippen LogP contribution in [0.4, 0.5) is 5.69 Å². The van der Waals surface area contributed by atoms with Gasteiger partial charge in [-0.2, -0.15) is 0 Å². The van der Waals surface area contributed by atoms with Crippen LogP contribution in [0, 0.1) is 0 Å². The summed E-state index contributed by atoms with van der Waals surface area (Å²) in [7, 11) is 1.45. The fourth-order valence-electron chi connectivity index (χ4n) is 3.58. The van der Waals surface area contributed by atoms with E-state index in [-0.39, 0.29) is 30.0 Å². The molecule has 2 aromatic rings. The molecule has 0 bridgehead atoms. The first-order valence-electron chi connectivity index (χ1n) is 9.24. The maximum absolute atomic E-state index is 12.7. The third-order valence-corrected chi connectivity index (χ3v) is 5.28. The second-order valence-corrected chi connectivity index (χ2v) is 7.35. The molecule has 0 saturated carbocycles. The van der Waals surface area contributed by atoms with Crippen LogP contribution in [0.2, 0.25) is 5.02 Å². The Kier molecular flexibility index (Phi) is 5.25. The Bertz CT molecular complexity index is 1000. The molecule has 0 aliphatic carbocycles. The summed E-state index contributed by atoms with van der Waals surface area (Å²) in [6.07, 6.45) is 1.64. The maximum Gasteiger partial charge on any atom is 0.261 e. The van der Waals surface area contributed by atoms with Gasteiger partial charge in [-0.1, -0.05) is 11.6 Å². The van der Waals surface area contributed by atoms with Gasteiger partial charge in [0.1, 0.15) is 5.75 Å². The fraction of sp³-hybridized carbons (Fsp3) is 0.286. The molecule has 0 spiro atoms. The molecule has 1 fully saturated rings. The first-order chi connectivity index (χ1) is 14.0. The van der Waals surface area contributed by atoms with Gasteiger partial charge in [0.25, 0.3) is 17.7 Å². The van der Waals surface area contributed by atoms with E-state index in [9.17, 15) is 14.4 Å². The minimum atomic E-state index is -0.411. The Hall–Kier alpha value is -2.90. The third-order valence-electron chi connectivity index (χ3n) is 5.05. The van der Waals surface area contributed by atoms with Crippen LogP contribution >= 0.6 is 11.6 Å². The summed E-state index contributed by atoms with van der Waals surface area (Å²) in [4.78, 5) is 39.2. The van der Waals surface area contributed by atoms with Crippen LogP contribution in [-0.2, 0) is 4.74 Å². The number of halogens is 1. The molecule has 1 saturated heterocycles. The van der Waals surface area contributed by atoms with Crippen LogP contribution in [0.5, 0.6) is 5.75 Å². The highest BCUT2D eigenvalue weighted by Gasteiger charge is 2.37. The second kappa shape index (κ2) is 7.85. The monoisotopic (exact) mass is 414 g/mol. The van der Waals surface area contributed by atoms with E-state index in [1.165, 1.54) is 18.1 Å². The number of carbonyl (C=O) groups excluding carboxylic acids is 3. The predicted molar refractivity (Wildman–Crippen MR) is 107 cm³/mol. The quantitative estimate of drug-likeness (QED) is 0.758. The van der Waals surface area contributed by atoms with E-state index in [0.717, 1.165) is 12.8 Å². The fourth-order valence-corrected chi connectivity index (χ4v) is 3.74. The number of nitrogens with zero attached hydrogens (tertiary/aromatic N) is 1. The smallest absolute Gasteiger partial charge is 0.261 e. The number of imide groups is 1. The lowest BCUT2D eigenvalue weighted by molar-refractivity contribution is 0.0475. The molecule has 1 atom stereocenters. The minimum absolute atomic E-state index is 0.117. The Morgan fingerprint density at radius 3 is 2.72 bits per heavy atom. The summed E-state index contributed by atoms with van der Waals surface area (Å²) in [6, 6.07) is 9.37. The molecule has 7 nitrogen and oxygen atoms in total. The van der Waals surface area contributed by atoms with Gasteiger partial charge in [0.15, 0.2) is 0 Å². The number of benzene rings is 2. The summed E-state index contributed by atoms with van der Waals surface area (Å²) in [5.74, 6) is -0.782. The van der Waals surface area contributed by atoms with Crippen LogP contribution in [-0.4, -0.2) is 49.0 Å². The van der Waals surface area contributed by atoms with Gasteiger partial charge in [-0.3, -0.25) is 19.3 Å². The highest BCUT2D eigenvalue weighted by atomic mass is 35.5. The molecule has 2 aliphatic rings. The van der Waals surface area contributed by atoms with Crippen LogP contribution in [0.25, 0.3) is 0 Å². The van der Waals surface area contributed by atoms with Crippen LogP contribution in [0.1, 0.15) is 43.9 Å². The zero-order valence-corrected chi connectivity index (χ0v) is 16.5. The Morgan fingerprint density at radius 2 is 2.00 bits per heavy atom. The first kappa shape index (κ1) is 19.4. The molecule has 0 aromatic heterocycles. The standard InChI is InChI=1S/C21H19ClN2O5/c1-28-18-9-12(22)4-6-16(18)19(25)23-13-5-7-15-17(10-13)21(27)24(20(15)26)11-14-3-2-8-29-14/h4-7,9-10,14H,2-3,8,11H2,1H3,(H,23,25). The molecule has 1 unspecified atom stereocenters. The zero-order chi connectivity index (χ0) is 20.5. The van der Waals surface area contributed by atoms with E-state index in [0.29, 0.717) is 34.2 Å². The van der Waals surface area contributed by atoms with E-state index in [4.69, 9.17) is 21.1 Å². The zero-order valence-electron chi connectivity index (χ0n) is 15.7. The van der Waals surface area contributed by atoms with Gasteiger partial charge in [0, 0.05) is 17.3 Å². The van der Waals surface area contributed by atoms with Crippen molar-refractivity contribution in [2.75, 3.05) is 25.6 Å². The third kappa shape index (κ3) is 3.71. The molecule has 8 heteroatoms. The lowest BCUT2D eigenvalue weighted by Gasteiger charge is -2.17. The van der Waals surface area contributed by atoms with E-state index in [1.807, 2.05) is 0 Å². The molecule has 3 amide bonds. The Morgan fingerprint density at radius 1 is 1.21 bits per heavy atom. The average Bonchev–Trinajstić information content (AvgIpc) is 3.31. The molecular weight excluding hydrogens is 396 g/mol. The average molecular weight is 415 g/mol. The molecule has 150 valence electrons. The minimum Gasteiger partial charge on any atom is -0.496 e. The first-order valence-corrected chi connectivity index (χ1v) is 9.62. The number of carbonyl (C=O) groups is 3. The van der Waals surface area contributed by atoms with Crippen molar-refractivity contribution in [3.8, 4) is 5.75 Å². The van der Waals surface area contributed by atoms with E-state index < -0.39 is 5.91 Å². The number of hydrogen-bond acceptors (Lipinski definition) is 5. The van der Waals surface area contributed by atoms with Gasteiger partial charge in [-0.05, 0) is 49.2 Å². The number of hydrogen-bond donors (Lipinski definition) is 1. The van der Waals surface area contributed by atoms with Gasteiger partial charge in [-0.15, -0.1) is 0 Å². The number of methoxy groups -OCH3 is 1. The SMILES string of the molecule is COc1cc(Cl)ccc1C(=O)Nc1ccc2c(c1)C(=O)N(CC1CCCO1)C2=O. The second-order valence-electron chi connectivity index (χ2n) is 6.92. The largest absolute Gasteiger partial charge is 0.496 e. The molecule has 2 heterocycles. The van der Waals surface area contributed by atoms with Gasteiger partial charge in [0.2, 0.25) is 0 Å². The number of ether oxygens (including phenoxy) is 2. The molecule has 1 N–H and O–H groups in total. The molecule has 0 radical (unpaired) electrons.